The van der Waals surface area contributed by atoms with E-state index in [2.05, 4.69) is 21.2 Å². The zero-order valence-electron chi connectivity index (χ0n) is 19.2. The van der Waals surface area contributed by atoms with Crippen molar-refractivity contribution in [1.29, 1.82) is 0 Å². The average molecular weight is 579 g/mol. The number of carbonyl (C=O) groups is 2. The van der Waals surface area contributed by atoms with E-state index in [1.54, 1.807) is 73.7 Å². The highest BCUT2D eigenvalue weighted by atomic mass is 79.9. The maximum atomic E-state index is 13.6. The van der Waals surface area contributed by atoms with Gasteiger partial charge >= 0.3 is 0 Å². The van der Waals surface area contributed by atoms with E-state index in [4.69, 9.17) is 11.6 Å². The zero-order valence-corrected chi connectivity index (χ0v) is 22.3. The minimum atomic E-state index is -4.08. The molecule has 184 valence electrons. The molecule has 2 amide bonds. The molecule has 0 heterocycles. The number of benzene rings is 3. The summed E-state index contributed by atoms with van der Waals surface area (Å²) in [6, 6.07) is 20.6. The van der Waals surface area contributed by atoms with Crippen LogP contribution in [0.15, 0.2) is 88.2 Å². The van der Waals surface area contributed by atoms with Crippen molar-refractivity contribution in [3.8, 4) is 0 Å². The number of nitrogens with zero attached hydrogens (tertiary/aromatic N) is 2. The van der Waals surface area contributed by atoms with Crippen LogP contribution in [0.1, 0.15) is 12.5 Å². The van der Waals surface area contributed by atoms with E-state index in [0.29, 0.717) is 16.3 Å². The van der Waals surface area contributed by atoms with Gasteiger partial charge in [0.25, 0.3) is 10.0 Å². The lowest BCUT2D eigenvalue weighted by Gasteiger charge is -2.31. The summed E-state index contributed by atoms with van der Waals surface area (Å²) in [5.41, 5.74) is 1.03. The van der Waals surface area contributed by atoms with Crippen molar-refractivity contribution in [3.63, 3.8) is 0 Å². The molecule has 0 aliphatic carbocycles. The number of likely N-dealkylation sites (N-methyl/N-ethyl adjacent to an activating group) is 1. The molecule has 3 aromatic rings. The highest BCUT2D eigenvalue weighted by Gasteiger charge is 2.32. The molecule has 35 heavy (non-hydrogen) atoms. The predicted octanol–water partition coefficient (Wildman–Crippen LogP) is 4.46. The summed E-state index contributed by atoms with van der Waals surface area (Å²) in [4.78, 5) is 27.5. The lowest BCUT2D eigenvalue weighted by atomic mass is 10.1. The third kappa shape index (κ3) is 6.62. The van der Waals surface area contributed by atoms with Crippen molar-refractivity contribution in [1.82, 2.24) is 10.2 Å². The van der Waals surface area contributed by atoms with Crippen LogP contribution in [-0.2, 0) is 26.2 Å². The Balaban J connectivity index is 2.01. The Morgan fingerprint density at radius 1 is 1.00 bits per heavy atom. The molecule has 0 aliphatic heterocycles. The van der Waals surface area contributed by atoms with Gasteiger partial charge < -0.3 is 10.2 Å². The van der Waals surface area contributed by atoms with E-state index < -0.39 is 28.5 Å². The zero-order chi connectivity index (χ0) is 25.6. The molecule has 0 saturated carbocycles. The first-order valence-electron chi connectivity index (χ1n) is 10.7. The van der Waals surface area contributed by atoms with E-state index >= 15 is 0 Å². The highest BCUT2D eigenvalue weighted by molar-refractivity contribution is 9.10. The van der Waals surface area contributed by atoms with Crippen molar-refractivity contribution in [2.45, 2.75) is 24.4 Å². The number of halogens is 2. The van der Waals surface area contributed by atoms with Crippen molar-refractivity contribution in [2.75, 3.05) is 17.9 Å². The van der Waals surface area contributed by atoms with Crippen molar-refractivity contribution in [2.24, 2.45) is 0 Å². The molecule has 0 radical (unpaired) electrons. The number of rotatable bonds is 9. The third-order valence-electron chi connectivity index (χ3n) is 5.38. The van der Waals surface area contributed by atoms with Gasteiger partial charge in [0.15, 0.2) is 0 Å². The lowest BCUT2D eigenvalue weighted by Crippen LogP contribution is -2.50. The van der Waals surface area contributed by atoms with Crippen LogP contribution in [0, 0.1) is 0 Å². The SMILES string of the molecule is CNC(=O)[C@H](C)N(Cc1cccc(Cl)c1)C(=O)CN(c1ccc(Br)cc1)S(=O)(=O)c1ccccc1. The number of hydrogen-bond acceptors (Lipinski definition) is 4. The predicted molar refractivity (Wildman–Crippen MR) is 141 cm³/mol. The molecule has 0 bridgehead atoms. The second-order valence-corrected chi connectivity index (χ2v) is 11.0. The average Bonchev–Trinajstić information content (AvgIpc) is 2.86. The Morgan fingerprint density at radius 2 is 1.66 bits per heavy atom. The first kappa shape index (κ1) is 26.7. The summed E-state index contributed by atoms with van der Waals surface area (Å²) in [7, 11) is -2.60. The summed E-state index contributed by atoms with van der Waals surface area (Å²) < 4.78 is 29.0. The maximum absolute atomic E-state index is 13.6. The van der Waals surface area contributed by atoms with Crippen LogP contribution in [0.2, 0.25) is 5.02 Å². The van der Waals surface area contributed by atoms with Crippen LogP contribution < -0.4 is 9.62 Å². The fraction of sp³-hybridized carbons (Fsp3) is 0.200. The summed E-state index contributed by atoms with van der Waals surface area (Å²) >= 11 is 9.46. The Kier molecular flexibility index (Phi) is 8.93. The van der Waals surface area contributed by atoms with Crippen LogP contribution in [0.5, 0.6) is 0 Å². The molecule has 0 aromatic heterocycles. The van der Waals surface area contributed by atoms with E-state index in [9.17, 15) is 18.0 Å². The van der Waals surface area contributed by atoms with Crippen LogP contribution in [0.3, 0.4) is 0 Å². The molecule has 1 atom stereocenters. The topological polar surface area (TPSA) is 86.8 Å². The van der Waals surface area contributed by atoms with E-state index in [-0.39, 0.29) is 17.3 Å². The lowest BCUT2D eigenvalue weighted by molar-refractivity contribution is -0.139. The van der Waals surface area contributed by atoms with Gasteiger partial charge in [-0.05, 0) is 61.0 Å². The third-order valence-corrected chi connectivity index (χ3v) is 7.93. The number of sulfonamides is 1. The fourth-order valence-corrected chi connectivity index (χ4v) is 5.39. The fourth-order valence-electron chi connectivity index (χ4n) is 3.48. The molecule has 7 nitrogen and oxygen atoms in total. The number of anilines is 1. The standard InChI is InChI=1S/C25H25BrClN3O4S/c1-18(25(32)28-2)29(16-19-7-6-8-21(27)15-19)24(31)17-30(22-13-11-20(26)12-14-22)35(33,34)23-9-4-3-5-10-23/h3-15,18H,16-17H2,1-2H3,(H,28,32)/t18-/m0/s1. The smallest absolute Gasteiger partial charge is 0.264 e. The van der Waals surface area contributed by atoms with Gasteiger partial charge in [0.1, 0.15) is 12.6 Å². The minimum Gasteiger partial charge on any atom is -0.357 e. The Labute approximate surface area is 218 Å². The number of nitrogens with one attached hydrogen (secondary N) is 1. The van der Waals surface area contributed by atoms with Crippen molar-refractivity contribution >= 4 is 55.1 Å². The molecule has 10 heteroatoms. The van der Waals surface area contributed by atoms with Crippen LogP contribution in [0.25, 0.3) is 0 Å². The molecule has 1 N–H and O–H groups in total. The minimum absolute atomic E-state index is 0.0523. The first-order valence-corrected chi connectivity index (χ1v) is 13.3. The molecular weight excluding hydrogens is 554 g/mol. The number of hydrogen-bond donors (Lipinski definition) is 1. The maximum Gasteiger partial charge on any atom is 0.264 e. The van der Waals surface area contributed by atoms with Gasteiger partial charge in [0.2, 0.25) is 11.8 Å². The van der Waals surface area contributed by atoms with Gasteiger partial charge in [-0.25, -0.2) is 8.42 Å². The second-order valence-electron chi connectivity index (χ2n) is 7.74. The monoisotopic (exact) mass is 577 g/mol. The molecule has 3 rings (SSSR count). The molecule has 3 aromatic carbocycles. The largest absolute Gasteiger partial charge is 0.357 e. The van der Waals surface area contributed by atoms with Crippen LogP contribution in [-0.4, -0.2) is 44.8 Å². The molecular formula is C25H25BrClN3O4S. The van der Waals surface area contributed by atoms with Crippen LogP contribution in [0.4, 0.5) is 5.69 Å². The van der Waals surface area contributed by atoms with Gasteiger partial charge in [-0.15, -0.1) is 0 Å². The summed E-state index contributed by atoms with van der Waals surface area (Å²) in [5, 5.41) is 3.04. The van der Waals surface area contributed by atoms with Gasteiger partial charge in [-0.3, -0.25) is 13.9 Å². The summed E-state index contributed by atoms with van der Waals surface area (Å²) in [6.45, 7) is 1.17. The van der Waals surface area contributed by atoms with Gasteiger partial charge in [0, 0.05) is 23.1 Å². The molecule has 0 saturated heterocycles. The quantitative estimate of drug-likeness (QED) is 0.406. The van der Waals surface area contributed by atoms with Gasteiger partial charge in [-0.1, -0.05) is 57.9 Å². The van der Waals surface area contributed by atoms with Crippen molar-refractivity contribution < 1.29 is 18.0 Å². The Hall–Kier alpha value is -2.88. The number of amides is 2. The van der Waals surface area contributed by atoms with E-state index in [1.807, 2.05) is 0 Å². The Morgan fingerprint density at radius 3 is 2.26 bits per heavy atom. The Bertz CT molecular complexity index is 1290. The number of carbonyl (C=O) groups excluding carboxylic acids is 2. The van der Waals surface area contributed by atoms with E-state index in [1.165, 1.54) is 24.1 Å². The molecule has 0 unspecified atom stereocenters. The molecule has 0 spiro atoms. The summed E-state index contributed by atoms with van der Waals surface area (Å²) in [6.07, 6.45) is 0. The van der Waals surface area contributed by atoms with Crippen LogP contribution >= 0.6 is 27.5 Å². The first-order chi connectivity index (χ1) is 16.6. The molecule has 0 fully saturated rings. The molecule has 0 aliphatic rings. The van der Waals surface area contributed by atoms with Gasteiger partial charge in [-0.2, -0.15) is 0 Å². The van der Waals surface area contributed by atoms with Crippen molar-refractivity contribution in [3.05, 3.63) is 93.9 Å². The van der Waals surface area contributed by atoms with E-state index in [0.717, 1.165) is 8.78 Å². The highest BCUT2D eigenvalue weighted by Crippen LogP contribution is 2.26. The van der Waals surface area contributed by atoms with Gasteiger partial charge in [0.05, 0.1) is 10.6 Å². The summed E-state index contributed by atoms with van der Waals surface area (Å²) in [5.74, 6) is -0.912. The normalized spacial score (nSPS) is 12.0. The second kappa shape index (κ2) is 11.7.